The number of nitrogens with zero attached hydrogens (tertiary/aromatic N) is 3. The third kappa shape index (κ3) is 5.18. The van der Waals surface area contributed by atoms with Crippen LogP contribution >= 0.6 is 23.7 Å². The van der Waals surface area contributed by atoms with Crippen LogP contribution in [0.3, 0.4) is 0 Å². The Labute approximate surface area is 205 Å². The molecule has 9 nitrogen and oxygen atoms in total. The molecular formula is C22H20N4O5S3. The molecule has 0 radical (unpaired) electrons. The molecule has 0 saturated carbocycles. The van der Waals surface area contributed by atoms with Gasteiger partial charge in [-0.25, -0.2) is 13.3 Å². The molecule has 2 aromatic rings. The summed E-state index contributed by atoms with van der Waals surface area (Å²) < 4.78 is 39.2. The predicted octanol–water partition coefficient (Wildman–Crippen LogP) is 3.49. The molecule has 0 aromatic heterocycles. The van der Waals surface area contributed by atoms with Gasteiger partial charge < -0.3 is 9.47 Å². The number of benzene rings is 2. The van der Waals surface area contributed by atoms with Crippen molar-refractivity contribution in [2.45, 2.75) is 4.90 Å². The van der Waals surface area contributed by atoms with Gasteiger partial charge >= 0.3 is 0 Å². The highest BCUT2D eigenvalue weighted by molar-refractivity contribution is 8.16. The average Bonchev–Trinajstić information content (AvgIpc) is 3.25. The average molecular weight is 517 g/mol. The number of carbonyl (C=O) groups is 1. The number of aliphatic imine (C=N–C) groups is 1. The van der Waals surface area contributed by atoms with Crippen molar-refractivity contribution in [3.05, 3.63) is 59.7 Å². The van der Waals surface area contributed by atoms with Crippen LogP contribution < -0.4 is 9.47 Å². The second-order valence-electron chi connectivity index (χ2n) is 7.10. The maximum atomic E-state index is 12.5. The fraction of sp³-hybridized carbons (Fsp3) is 0.182. The van der Waals surface area contributed by atoms with Gasteiger partial charge in [0.05, 0.1) is 31.2 Å². The van der Waals surface area contributed by atoms with E-state index in [4.69, 9.17) is 14.9 Å². The molecule has 2 aromatic carbocycles. The number of amides is 1. The first-order chi connectivity index (χ1) is 16.3. The van der Waals surface area contributed by atoms with Crippen molar-refractivity contribution in [1.29, 1.82) is 5.41 Å². The first-order valence-electron chi connectivity index (χ1n) is 9.95. The number of nitrogens with one attached hydrogen (secondary N) is 1. The molecule has 2 aliphatic rings. The van der Waals surface area contributed by atoms with Gasteiger partial charge in [0, 0.05) is 16.9 Å². The number of methoxy groups -OCH3 is 1. The summed E-state index contributed by atoms with van der Waals surface area (Å²) in [5, 5.41) is 8.15. The molecule has 2 heterocycles. The fourth-order valence-electron chi connectivity index (χ4n) is 3.13. The van der Waals surface area contributed by atoms with Crippen molar-refractivity contribution in [3.63, 3.8) is 0 Å². The number of carbonyl (C=O) groups excluding carboxylic acids is 1. The second kappa shape index (κ2) is 10.0. The highest BCUT2D eigenvalue weighted by Crippen LogP contribution is 2.32. The summed E-state index contributed by atoms with van der Waals surface area (Å²) >= 11 is 2.43. The third-order valence-corrected chi connectivity index (χ3v) is 7.41. The molecule has 34 heavy (non-hydrogen) atoms. The number of hydrogen-bond acceptors (Lipinski definition) is 9. The van der Waals surface area contributed by atoms with Crippen LogP contribution in [0.25, 0.3) is 6.08 Å². The lowest BCUT2D eigenvalue weighted by atomic mass is 10.1. The van der Waals surface area contributed by atoms with E-state index in [0.717, 1.165) is 33.8 Å². The van der Waals surface area contributed by atoms with Crippen LogP contribution in [-0.2, 0) is 14.6 Å². The van der Waals surface area contributed by atoms with Gasteiger partial charge in [-0.15, -0.1) is 11.8 Å². The number of amidine groups is 3. The fourth-order valence-corrected chi connectivity index (χ4v) is 5.72. The number of hydrogen-bond donors (Lipinski definition) is 1. The summed E-state index contributed by atoms with van der Waals surface area (Å²) in [6, 6.07) is 15.1. The van der Waals surface area contributed by atoms with Crippen LogP contribution in [0.1, 0.15) is 5.56 Å². The summed E-state index contributed by atoms with van der Waals surface area (Å²) in [5.74, 6) is 0.815. The standard InChI is InChI=1S/C22H20N4O5S3/c1-30-18-13-14(8-9-17(18)31-10-11-32-15-6-4-3-5-7-15)12-16-19(23)26-21(24-20(16)27)33-25-22(26)34(2,28)29/h3-9,12-13,23H,10-11H2,1-2H3/b16-12-,23-19?. The van der Waals surface area contributed by atoms with E-state index in [2.05, 4.69) is 9.39 Å². The van der Waals surface area contributed by atoms with E-state index in [1.165, 1.54) is 13.2 Å². The maximum Gasteiger partial charge on any atom is 0.283 e. The molecule has 0 bridgehead atoms. The predicted molar refractivity (Wildman–Crippen MR) is 136 cm³/mol. The summed E-state index contributed by atoms with van der Waals surface area (Å²) in [7, 11) is -2.20. The van der Waals surface area contributed by atoms with Crippen molar-refractivity contribution in [2.75, 3.05) is 25.7 Å². The van der Waals surface area contributed by atoms with Gasteiger partial charge in [0.2, 0.25) is 20.2 Å². The highest BCUT2D eigenvalue weighted by Gasteiger charge is 2.41. The van der Waals surface area contributed by atoms with E-state index in [-0.39, 0.29) is 21.7 Å². The molecular weight excluding hydrogens is 496 g/mol. The van der Waals surface area contributed by atoms with Crippen molar-refractivity contribution in [1.82, 2.24) is 4.90 Å². The Morgan fingerprint density at radius 3 is 2.65 bits per heavy atom. The van der Waals surface area contributed by atoms with Gasteiger partial charge in [-0.3, -0.25) is 10.2 Å². The first kappa shape index (κ1) is 24.0. The minimum Gasteiger partial charge on any atom is -0.493 e. The number of fused-ring (bicyclic) bond motifs is 1. The number of rotatable bonds is 7. The number of thioether (sulfide) groups is 1. The minimum atomic E-state index is -3.71. The van der Waals surface area contributed by atoms with Crippen LogP contribution in [0.2, 0.25) is 0 Å². The molecule has 1 N–H and O–H groups in total. The van der Waals surface area contributed by atoms with Gasteiger partial charge in [0.1, 0.15) is 5.84 Å². The number of sulfone groups is 1. The van der Waals surface area contributed by atoms with Crippen molar-refractivity contribution in [2.24, 2.45) is 9.39 Å². The van der Waals surface area contributed by atoms with E-state index in [1.54, 1.807) is 30.0 Å². The molecule has 0 aliphatic carbocycles. The molecule has 176 valence electrons. The van der Waals surface area contributed by atoms with Crippen LogP contribution in [0.15, 0.2) is 68.4 Å². The van der Waals surface area contributed by atoms with Crippen LogP contribution in [0.5, 0.6) is 11.5 Å². The number of ether oxygens (including phenoxy) is 2. The Kier molecular flexibility index (Phi) is 7.10. The van der Waals surface area contributed by atoms with Crippen molar-refractivity contribution >= 4 is 61.7 Å². The monoisotopic (exact) mass is 516 g/mol. The molecule has 0 atom stereocenters. The lowest BCUT2D eigenvalue weighted by molar-refractivity contribution is -0.114. The van der Waals surface area contributed by atoms with E-state index < -0.39 is 15.7 Å². The lowest BCUT2D eigenvalue weighted by Gasteiger charge is -2.23. The zero-order valence-corrected chi connectivity index (χ0v) is 20.7. The van der Waals surface area contributed by atoms with E-state index in [9.17, 15) is 13.2 Å². The van der Waals surface area contributed by atoms with Gasteiger partial charge in [0.15, 0.2) is 11.5 Å². The Morgan fingerprint density at radius 2 is 1.94 bits per heavy atom. The molecule has 0 spiro atoms. The second-order valence-corrected chi connectivity index (χ2v) is 10.9. The Balaban J connectivity index is 1.50. The minimum absolute atomic E-state index is 0.0438. The van der Waals surface area contributed by atoms with Crippen LogP contribution in [-0.4, -0.2) is 61.1 Å². The van der Waals surface area contributed by atoms with E-state index in [0.29, 0.717) is 23.7 Å². The summed E-state index contributed by atoms with van der Waals surface area (Å²) in [6.45, 7) is 0.469. The Morgan fingerprint density at radius 1 is 1.18 bits per heavy atom. The highest BCUT2D eigenvalue weighted by atomic mass is 32.2. The quantitative estimate of drug-likeness (QED) is 0.257. The molecule has 0 unspecified atom stereocenters. The van der Waals surface area contributed by atoms with Crippen LogP contribution in [0, 0.1) is 5.41 Å². The van der Waals surface area contributed by atoms with Gasteiger partial charge in [-0.1, -0.05) is 24.3 Å². The lowest BCUT2D eigenvalue weighted by Crippen LogP contribution is -2.45. The molecule has 2 aliphatic heterocycles. The largest absolute Gasteiger partial charge is 0.493 e. The third-order valence-electron chi connectivity index (χ3n) is 4.68. The van der Waals surface area contributed by atoms with Crippen molar-refractivity contribution < 1.29 is 22.7 Å². The maximum absolute atomic E-state index is 12.5. The van der Waals surface area contributed by atoms with Crippen molar-refractivity contribution in [3.8, 4) is 11.5 Å². The SMILES string of the molecule is COc1cc(/C=C2/C(=N)N3C(=NC2=O)SN=C3S(C)(=O)=O)ccc1OCCSc1ccccc1. The first-order valence-corrected chi connectivity index (χ1v) is 13.6. The molecule has 12 heteroatoms. The molecule has 1 amide bonds. The van der Waals surface area contributed by atoms with Gasteiger partial charge in [0.25, 0.3) is 5.91 Å². The Bertz CT molecular complexity index is 1340. The molecule has 4 rings (SSSR count). The smallest absolute Gasteiger partial charge is 0.283 e. The van der Waals surface area contributed by atoms with E-state index in [1.807, 2.05) is 30.3 Å². The Hall–Kier alpha value is -3.09. The molecule has 0 saturated heterocycles. The summed E-state index contributed by atoms with van der Waals surface area (Å²) in [6.07, 6.45) is 2.45. The molecule has 0 fully saturated rings. The zero-order chi connectivity index (χ0) is 24.3. The topological polar surface area (TPSA) is 121 Å². The van der Waals surface area contributed by atoms with E-state index >= 15 is 0 Å². The van der Waals surface area contributed by atoms with Crippen LogP contribution in [0.4, 0.5) is 0 Å². The summed E-state index contributed by atoms with van der Waals surface area (Å²) in [5.41, 5.74) is 0.511. The summed E-state index contributed by atoms with van der Waals surface area (Å²) in [4.78, 5) is 18.6. The zero-order valence-electron chi connectivity index (χ0n) is 18.2. The normalized spacial score (nSPS) is 16.9. The van der Waals surface area contributed by atoms with Gasteiger partial charge in [-0.2, -0.15) is 9.39 Å². The van der Waals surface area contributed by atoms with Gasteiger partial charge in [-0.05, 0) is 35.9 Å².